The third-order valence-corrected chi connectivity index (χ3v) is 8.11. The number of piperazine rings is 1. The third-order valence-electron chi connectivity index (χ3n) is 6.61. The van der Waals surface area contributed by atoms with Crippen molar-refractivity contribution in [1.82, 2.24) is 19.2 Å². The lowest BCUT2D eigenvalue weighted by molar-refractivity contribution is -0.130. The van der Waals surface area contributed by atoms with Crippen LogP contribution in [0.2, 0.25) is 5.02 Å². The Balaban J connectivity index is 1.40. The zero-order valence-corrected chi connectivity index (χ0v) is 22.3. The number of hydrogen-bond donors (Lipinski definition) is 1. The summed E-state index contributed by atoms with van der Waals surface area (Å²) in [5, 5.41) is 0.600. The topological polar surface area (TPSA) is 93.2 Å². The number of nitrogens with zero attached hydrogens (tertiary/aromatic N) is 4. The van der Waals surface area contributed by atoms with Gasteiger partial charge in [-0.1, -0.05) is 35.9 Å². The fraction of sp³-hybridized carbons (Fsp3) is 0.296. The molecular weight excluding hydrogens is 510 g/mol. The van der Waals surface area contributed by atoms with E-state index in [0.29, 0.717) is 15.6 Å². The maximum absolute atomic E-state index is 12.3. The molecule has 2 amide bonds. The van der Waals surface area contributed by atoms with Crippen molar-refractivity contribution in [1.29, 1.82) is 0 Å². The number of carbonyl (C=O) groups excluding carboxylic acids is 2. The number of thiophene rings is 1. The molecule has 1 aromatic carbocycles. The van der Waals surface area contributed by atoms with Crippen LogP contribution in [-0.4, -0.2) is 57.2 Å². The van der Waals surface area contributed by atoms with Gasteiger partial charge in [0.25, 0.3) is 5.91 Å². The summed E-state index contributed by atoms with van der Waals surface area (Å²) >= 11 is 7.63. The average molecular weight is 538 g/mol. The second-order valence-electron chi connectivity index (χ2n) is 9.14. The van der Waals surface area contributed by atoms with Crippen LogP contribution in [-0.2, 0) is 11.3 Å². The summed E-state index contributed by atoms with van der Waals surface area (Å²) in [6.07, 6.45) is 3.50. The third kappa shape index (κ3) is 5.34. The van der Waals surface area contributed by atoms with Crippen molar-refractivity contribution in [2.24, 2.45) is 5.73 Å². The summed E-state index contributed by atoms with van der Waals surface area (Å²) in [5.41, 5.74) is 9.33. The minimum absolute atomic E-state index is 0.125. The zero-order chi connectivity index (χ0) is 26.1. The standard InChI is InChI=1S/C27H28ClN5O3S/c1-17(20-5-3-4-6-21(20)28)36-23-13-24(37-26(23)27(29)35)22-14-30-25-8-7-19(16-33(22)25)15-31-9-11-32(12-10-31)18(2)34/h3-8,13-14,16-17H,9-12,15H2,1-2H3,(H2,29,35). The largest absolute Gasteiger partial charge is 0.484 e. The van der Waals surface area contributed by atoms with Gasteiger partial charge in [-0.25, -0.2) is 4.98 Å². The molecule has 0 spiro atoms. The molecule has 8 nitrogen and oxygen atoms in total. The van der Waals surface area contributed by atoms with Crippen LogP contribution in [0.4, 0.5) is 0 Å². The van der Waals surface area contributed by atoms with E-state index in [1.54, 1.807) is 13.1 Å². The van der Waals surface area contributed by atoms with Gasteiger partial charge in [0.2, 0.25) is 5.91 Å². The fourth-order valence-electron chi connectivity index (χ4n) is 4.60. The highest BCUT2D eigenvalue weighted by Gasteiger charge is 2.22. The molecule has 3 aromatic heterocycles. The van der Waals surface area contributed by atoms with Crippen LogP contribution in [0.3, 0.4) is 0 Å². The van der Waals surface area contributed by atoms with Crippen molar-refractivity contribution in [2.45, 2.75) is 26.5 Å². The molecule has 192 valence electrons. The lowest BCUT2D eigenvalue weighted by atomic mass is 10.1. The molecule has 4 aromatic rings. The summed E-state index contributed by atoms with van der Waals surface area (Å²) in [6.45, 7) is 7.45. The SMILES string of the molecule is CC(=O)N1CCN(Cc2ccc3ncc(-c4cc(OC(C)c5ccccc5Cl)c(C(N)=O)s4)n3c2)CC1. The van der Waals surface area contributed by atoms with Gasteiger partial charge in [0, 0.05) is 62.5 Å². The molecule has 0 saturated carbocycles. The van der Waals surface area contributed by atoms with E-state index in [1.807, 2.05) is 52.6 Å². The van der Waals surface area contributed by atoms with Crippen LogP contribution in [0.25, 0.3) is 16.2 Å². The number of pyridine rings is 1. The predicted octanol–water partition coefficient (Wildman–Crippen LogP) is 4.62. The molecule has 1 unspecified atom stereocenters. The summed E-state index contributed by atoms with van der Waals surface area (Å²) < 4.78 is 8.20. The van der Waals surface area contributed by atoms with Crippen molar-refractivity contribution in [3.63, 3.8) is 0 Å². The maximum atomic E-state index is 12.3. The lowest BCUT2D eigenvalue weighted by Crippen LogP contribution is -2.47. The van der Waals surface area contributed by atoms with E-state index in [2.05, 4.69) is 22.1 Å². The van der Waals surface area contributed by atoms with Crippen LogP contribution in [0.1, 0.15) is 40.8 Å². The van der Waals surface area contributed by atoms with Crippen LogP contribution in [0.15, 0.2) is 54.9 Å². The summed E-state index contributed by atoms with van der Waals surface area (Å²) in [4.78, 5) is 33.8. The van der Waals surface area contributed by atoms with E-state index in [9.17, 15) is 9.59 Å². The highest BCUT2D eigenvalue weighted by Crippen LogP contribution is 2.39. The first-order chi connectivity index (χ1) is 17.8. The zero-order valence-electron chi connectivity index (χ0n) is 20.7. The molecule has 0 radical (unpaired) electrons. The Morgan fingerprint density at radius 1 is 1.16 bits per heavy atom. The van der Waals surface area contributed by atoms with E-state index in [1.165, 1.54) is 11.3 Å². The van der Waals surface area contributed by atoms with Gasteiger partial charge < -0.3 is 15.4 Å². The van der Waals surface area contributed by atoms with Gasteiger partial charge in [-0.2, -0.15) is 0 Å². The number of hydrogen-bond acceptors (Lipinski definition) is 6. The van der Waals surface area contributed by atoms with Crippen molar-refractivity contribution in [2.75, 3.05) is 26.2 Å². The Morgan fingerprint density at radius 3 is 2.62 bits per heavy atom. The van der Waals surface area contributed by atoms with Crippen LogP contribution >= 0.6 is 22.9 Å². The number of primary amides is 1. The number of aromatic nitrogens is 2. The van der Waals surface area contributed by atoms with Crippen LogP contribution in [0, 0.1) is 0 Å². The molecule has 0 aliphatic carbocycles. The van der Waals surface area contributed by atoms with Crippen molar-refractivity contribution >= 4 is 40.4 Å². The fourth-order valence-corrected chi connectivity index (χ4v) is 5.84. The second-order valence-corrected chi connectivity index (χ2v) is 10.6. The Morgan fingerprint density at radius 2 is 1.92 bits per heavy atom. The summed E-state index contributed by atoms with van der Waals surface area (Å²) in [5.74, 6) is 0.00574. The number of halogens is 1. The van der Waals surface area contributed by atoms with Gasteiger partial charge in [0.1, 0.15) is 22.4 Å². The Hall–Kier alpha value is -3.40. The maximum Gasteiger partial charge on any atom is 0.262 e. The molecule has 0 bridgehead atoms. The van der Waals surface area contributed by atoms with Gasteiger partial charge in [0.15, 0.2) is 0 Å². The lowest BCUT2D eigenvalue weighted by Gasteiger charge is -2.34. The first-order valence-electron chi connectivity index (χ1n) is 12.1. The van der Waals surface area contributed by atoms with E-state index < -0.39 is 5.91 Å². The van der Waals surface area contributed by atoms with Gasteiger partial charge in [-0.3, -0.25) is 18.9 Å². The second kappa shape index (κ2) is 10.5. The van der Waals surface area contributed by atoms with E-state index >= 15 is 0 Å². The molecule has 4 heterocycles. The normalized spacial score (nSPS) is 15.2. The molecule has 10 heteroatoms. The number of nitrogens with two attached hydrogens (primary N) is 1. The Labute approximate surface area is 224 Å². The van der Waals surface area contributed by atoms with Crippen molar-refractivity contribution in [3.05, 3.63) is 75.9 Å². The number of benzene rings is 1. The van der Waals surface area contributed by atoms with E-state index in [-0.39, 0.29) is 12.0 Å². The van der Waals surface area contributed by atoms with Crippen molar-refractivity contribution in [3.8, 4) is 16.3 Å². The highest BCUT2D eigenvalue weighted by molar-refractivity contribution is 7.17. The van der Waals surface area contributed by atoms with Gasteiger partial charge in [0.05, 0.1) is 16.8 Å². The quantitative estimate of drug-likeness (QED) is 0.371. The minimum Gasteiger partial charge on any atom is -0.484 e. The molecule has 1 saturated heterocycles. The molecular formula is C27H28ClN5O3S. The van der Waals surface area contributed by atoms with Crippen LogP contribution < -0.4 is 10.5 Å². The minimum atomic E-state index is -0.545. The number of imidazole rings is 1. The van der Waals surface area contributed by atoms with Crippen LogP contribution in [0.5, 0.6) is 5.75 Å². The van der Waals surface area contributed by atoms with Gasteiger partial charge in [-0.05, 0) is 24.6 Å². The number of ether oxygens (including phenoxy) is 1. The molecule has 5 rings (SSSR count). The molecule has 1 aliphatic heterocycles. The number of rotatable bonds is 7. The average Bonchev–Trinajstić information content (AvgIpc) is 3.48. The molecule has 1 fully saturated rings. The molecule has 1 aliphatic rings. The summed E-state index contributed by atoms with van der Waals surface area (Å²) in [6, 6.07) is 13.4. The molecule has 1 atom stereocenters. The first-order valence-corrected chi connectivity index (χ1v) is 13.3. The predicted molar refractivity (Wildman–Crippen MR) is 145 cm³/mol. The molecule has 37 heavy (non-hydrogen) atoms. The van der Waals surface area contributed by atoms with E-state index in [4.69, 9.17) is 22.1 Å². The number of amides is 2. The first kappa shape index (κ1) is 25.3. The van der Waals surface area contributed by atoms with Gasteiger partial charge >= 0.3 is 0 Å². The Kier molecular flexibility index (Phi) is 7.19. The molecule has 2 N–H and O–H groups in total. The number of fused-ring (bicyclic) bond motifs is 1. The van der Waals surface area contributed by atoms with E-state index in [0.717, 1.165) is 60.1 Å². The monoisotopic (exact) mass is 537 g/mol. The highest BCUT2D eigenvalue weighted by atomic mass is 35.5. The van der Waals surface area contributed by atoms with Gasteiger partial charge in [-0.15, -0.1) is 11.3 Å². The smallest absolute Gasteiger partial charge is 0.262 e. The van der Waals surface area contributed by atoms with Crippen molar-refractivity contribution < 1.29 is 14.3 Å². The Bertz CT molecular complexity index is 1460. The number of carbonyl (C=O) groups is 2. The summed E-state index contributed by atoms with van der Waals surface area (Å²) in [7, 11) is 0.